The molecule has 2 rings (SSSR count). The minimum absolute atomic E-state index is 0.0208. The molecule has 1 aromatic rings. The SMILES string of the molecule is CC(C)OC(=O)CS(=O)(=O)c1ccc2c(c1)OCCCO2. The van der Waals surface area contributed by atoms with Crippen LogP contribution in [0, 0.1) is 0 Å². The molecule has 0 bridgehead atoms. The second kappa shape index (κ2) is 6.34. The Morgan fingerprint density at radius 3 is 2.57 bits per heavy atom. The van der Waals surface area contributed by atoms with E-state index in [2.05, 4.69) is 0 Å². The monoisotopic (exact) mass is 314 g/mol. The number of carbonyl (C=O) groups is 1. The molecule has 1 heterocycles. The first-order valence-corrected chi connectivity index (χ1v) is 8.35. The van der Waals surface area contributed by atoms with E-state index in [1.54, 1.807) is 19.9 Å². The van der Waals surface area contributed by atoms with Crippen molar-refractivity contribution < 1.29 is 27.4 Å². The molecule has 6 nitrogen and oxygen atoms in total. The zero-order valence-corrected chi connectivity index (χ0v) is 12.8. The first-order valence-electron chi connectivity index (χ1n) is 6.70. The molecular formula is C14H18O6S. The maximum Gasteiger partial charge on any atom is 0.321 e. The van der Waals surface area contributed by atoms with Gasteiger partial charge in [0.1, 0.15) is 0 Å². The zero-order chi connectivity index (χ0) is 15.5. The van der Waals surface area contributed by atoms with Gasteiger partial charge in [0.05, 0.1) is 24.2 Å². The van der Waals surface area contributed by atoms with Gasteiger partial charge in [-0.15, -0.1) is 0 Å². The molecule has 0 N–H and O–H groups in total. The van der Waals surface area contributed by atoms with Crippen LogP contribution >= 0.6 is 0 Å². The summed E-state index contributed by atoms with van der Waals surface area (Å²) in [4.78, 5) is 11.5. The van der Waals surface area contributed by atoms with Crippen molar-refractivity contribution in [1.82, 2.24) is 0 Å². The van der Waals surface area contributed by atoms with Gasteiger partial charge in [0.25, 0.3) is 0 Å². The van der Waals surface area contributed by atoms with Crippen molar-refractivity contribution in [2.24, 2.45) is 0 Å². The van der Waals surface area contributed by atoms with E-state index >= 15 is 0 Å². The molecule has 0 atom stereocenters. The van der Waals surface area contributed by atoms with Crippen LogP contribution in [-0.4, -0.2) is 39.5 Å². The van der Waals surface area contributed by atoms with Crippen molar-refractivity contribution in [2.75, 3.05) is 19.0 Å². The molecule has 0 radical (unpaired) electrons. The molecule has 0 saturated carbocycles. The molecule has 1 aliphatic heterocycles. The number of ether oxygens (including phenoxy) is 3. The van der Waals surface area contributed by atoms with E-state index in [0.717, 1.165) is 6.42 Å². The fraction of sp³-hybridized carbons (Fsp3) is 0.500. The van der Waals surface area contributed by atoms with Gasteiger partial charge in [-0.25, -0.2) is 8.42 Å². The topological polar surface area (TPSA) is 78.9 Å². The lowest BCUT2D eigenvalue weighted by Crippen LogP contribution is -2.21. The quantitative estimate of drug-likeness (QED) is 0.785. The van der Waals surface area contributed by atoms with Crippen molar-refractivity contribution in [3.05, 3.63) is 18.2 Å². The lowest BCUT2D eigenvalue weighted by Gasteiger charge is -2.11. The number of carbonyl (C=O) groups excluding carboxylic acids is 1. The molecule has 0 aromatic heterocycles. The highest BCUT2D eigenvalue weighted by Gasteiger charge is 2.23. The molecule has 0 fully saturated rings. The van der Waals surface area contributed by atoms with Gasteiger partial charge in [-0.1, -0.05) is 0 Å². The Kier molecular flexibility index (Phi) is 4.72. The highest BCUT2D eigenvalue weighted by molar-refractivity contribution is 7.92. The normalized spacial score (nSPS) is 14.6. The number of hydrogen-bond acceptors (Lipinski definition) is 6. The summed E-state index contributed by atoms with van der Waals surface area (Å²) in [5.41, 5.74) is 0. The summed E-state index contributed by atoms with van der Waals surface area (Å²) in [7, 11) is -3.76. The lowest BCUT2D eigenvalue weighted by atomic mass is 10.3. The first kappa shape index (κ1) is 15.6. The van der Waals surface area contributed by atoms with Crippen LogP contribution in [0.15, 0.2) is 23.1 Å². The standard InChI is InChI=1S/C14H18O6S/c1-10(2)20-14(15)9-21(16,17)11-4-5-12-13(8-11)19-7-3-6-18-12/h4-5,8,10H,3,6-7,9H2,1-2H3. The van der Waals surface area contributed by atoms with E-state index in [4.69, 9.17) is 14.2 Å². The van der Waals surface area contributed by atoms with Gasteiger partial charge in [-0.2, -0.15) is 0 Å². The smallest absolute Gasteiger partial charge is 0.321 e. The van der Waals surface area contributed by atoms with E-state index in [-0.39, 0.29) is 11.0 Å². The van der Waals surface area contributed by atoms with Crippen LogP contribution in [0.1, 0.15) is 20.3 Å². The Balaban J connectivity index is 2.20. The third-order valence-electron chi connectivity index (χ3n) is 2.75. The fourth-order valence-corrected chi connectivity index (χ4v) is 2.98. The third kappa shape index (κ3) is 4.10. The predicted molar refractivity (Wildman–Crippen MR) is 75.3 cm³/mol. The second-order valence-corrected chi connectivity index (χ2v) is 6.95. The Morgan fingerprint density at radius 2 is 1.90 bits per heavy atom. The highest BCUT2D eigenvalue weighted by atomic mass is 32.2. The van der Waals surface area contributed by atoms with Crippen molar-refractivity contribution in [2.45, 2.75) is 31.3 Å². The van der Waals surface area contributed by atoms with E-state index < -0.39 is 21.6 Å². The van der Waals surface area contributed by atoms with Gasteiger partial charge >= 0.3 is 5.97 Å². The van der Waals surface area contributed by atoms with Crippen LogP contribution < -0.4 is 9.47 Å². The van der Waals surface area contributed by atoms with Gasteiger partial charge in [-0.05, 0) is 26.0 Å². The predicted octanol–water partition coefficient (Wildman–Crippen LogP) is 1.57. The molecular weight excluding hydrogens is 296 g/mol. The highest BCUT2D eigenvalue weighted by Crippen LogP contribution is 2.32. The lowest BCUT2D eigenvalue weighted by molar-refractivity contribution is -0.144. The van der Waals surface area contributed by atoms with Crippen molar-refractivity contribution in [3.63, 3.8) is 0 Å². The number of esters is 1. The van der Waals surface area contributed by atoms with Crippen LogP contribution in [0.5, 0.6) is 11.5 Å². The molecule has 0 unspecified atom stereocenters. The van der Waals surface area contributed by atoms with Gasteiger partial charge in [-0.3, -0.25) is 4.79 Å². The van der Waals surface area contributed by atoms with Crippen molar-refractivity contribution in [3.8, 4) is 11.5 Å². The summed E-state index contributed by atoms with van der Waals surface area (Å²) >= 11 is 0. The summed E-state index contributed by atoms with van der Waals surface area (Å²) < 4.78 is 40.1. The molecule has 116 valence electrons. The second-order valence-electron chi connectivity index (χ2n) is 4.96. The molecule has 7 heteroatoms. The molecule has 1 aromatic carbocycles. The molecule has 0 amide bonds. The van der Waals surface area contributed by atoms with Crippen molar-refractivity contribution >= 4 is 15.8 Å². The maximum atomic E-state index is 12.2. The third-order valence-corrected chi connectivity index (χ3v) is 4.34. The van der Waals surface area contributed by atoms with Crippen molar-refractivity contribution in [1.29, 1.82) is 0 Å². The van der Waals surface area contributed by atoms with Crippen LogP contribution in [-0.2, 0) is 19.4 Å². The summed E-state index contributed by atoms with van der Waals surface area (Å²) in [6.07, 6.45) is 0.383. The fourth-order valence-electron chi connectivity index (χ4n) is 1.87. The number of fused-ring (bicyclic) bond motifs is 1. The molecule has 0 aliphatic carbocycles. The van der Waals surface area contributed by atoms with Gasteiger partial charge < -0.3 is 14.2 Å². The average molecular weight is 314 g/mol. The average Bonchev–Trinajstić information content (AvgIpc) is 2.60. The zero-order valence-electron chi connectivity index (χ0n) is 12.0. The Hall–Kier alpha value is -1.76. The van der Waals surface area contributed by atoms with Crippen LogP contribution in [0.4, 0.5) is 0 Å². The van der Waals surface area contributed by atoms with Gasteiger partial charge in [0.15, 0.2) is 27.1 Å². The van der Waals surface area contributed by atoms with Crippen LogP contribution in [0.2, 0.25) is 0 Å². The Bertz CT molecular complexity index is 620. The maximum absolute atomic E-state index is 12.2. The van der Waals surface area contributed by atoms with Gasteiger partial charge in [0, 0.05) is 12.5 Å². The molecule has 21 heavy (non-hydrogen) atoms. The Labute approximate surface area is 123 Å². The minimum Gasteiger partial charge on any atom is -0.490 e. The first-order chi connectivity index (χ1) is 9.88. The number of hydrogen-bond donors (Lipinski definition) is 0. The number of rotatable bonds is 4. The summed E-state index contributed by atoms with van der Waals surface area (Å²) in [5, 5.41) is 0. The van der Waals surface area contributed by atoms with Gasteiger partial charge in [0.2, 0.25) is 0 Å². The number of benzene rings is 1. The van der Waals surface area contributed by atoms with E-state index in [9.17, 15) is 13.2 Å². The minimum atomic E-state index is -3.76. The van der Waals surface area contributed by atoms with Crippen LogP contribution in [0.3, 0.4) is 0 Å². The molecule has 0 saturated heterocycles. The largest absolute Gasteiger partial charge is 0.490 e. The van der Waals surface area contributed by atoms with Crippen LogP contribution in [0.25, 0.3) is 0 Å². The molecule has 1 aliphatic rings. The van der Waals surface area contributed by atoms with E-state index in [0.29, 0.717) is 24.7 Å². The summed E-state index contributed by atoms with van der Waals surface area (Å²) in [6, 6.07) is 4.34. The molecule has 0 spiro atoms. The Morgan fingerprint density at radius 1 is 1.24 bits per heavy atom. The van der Waals surface area contributed by atoms with E-state index in [1.807, 2.05) is 0 Å². The number of sulfone groups is 1. The summed E-state index contributed by atoms with van der Waals surface area (Å²) in [5.74, 6) is -0.565. The van der Waals surface area contributed by atoms with E-state index in [1.165, 1.54) is 12.1 Å². The summed E-state index contributed by atoms with van der Waals surface area (Å²) in [6.45, 7) is 4.32.